The van der Waals surface area contributed by atoms with E-state index < -0.39 is 11.9 Å². The first-order valence-electron chi connectivity index (χ1n) is 6.91. The molecule has 0 bridgehead atoms. The van der Waals surface area contributed by atoms with E-state index in [9.17, 15) is 14.7 Å². The van der Waals surface area contributed by atoms with E-state index in [0.29, 0.717) is 23.7 Å². The first-order chi connectivity index (χ1) is 9.54. The van der Waals surface area contributed by atoms with Crippen LogP contribution in [0, 0.1) is 5.92 Å². The fourth-order valence-corrected chi connectivity index (χ4v) is 2.31. The third kappa shape index (κ3) is 2.76. The van der Waals surface area contributed by atoms with Gasteiger partial charge in [-0.15, -0.1) is 0 Å². The number of carboxylic acids is 1. The summed E-state index contributed by atoms with van der Waals surface area (Å²) in [5.41, 5.74) is 1.40. The van der Waals surface area contributed by atoms with E-state index in [2.05, 4.69) is 19.2 Å². The fourth-order valence-electron chi connectivity index (χ4n) is 2.31. The minimum atomic E-state index is -0.894. The molecule has 1 aromatic carbocycles. The van der Waals surface area contributed by atoms with Crippen LogP contribution in [0.1, 0.15) is 31.7 Å². The number of hydrogen-bond acceptors (Lipinski definition) is 2. The van der Waals surface area contributed by atoms with Gasteiger partial charge in [-0.25, -0.2) is 4.79 Å². The molecule has 0 aliphatic carbocycles. The van der Waals surface area contributed by atoms with Crippen molar-refractivity contribution in [3.8, 4) is 0 Å². The molecule has 0 radical (unpaired) electrons. The number of carbonyl (C=O) groups is 2. The quantitative estimate of drug-likeness (QED) is 0.887. The second-order valence-corrected chi connectivity index (χ2v) is 5.26. The summed E-state index contributed by atoms with van der Waals surface area (Å²) >= 11 is 0. The number of amides is 2. The van der Waals surface area contributed by atoms with E-state index >= 15 is 0 Å². The number of hydrogen-bond donors (Lipinski definition) is 2. The molecule has 2 unspecified atom stereocenters. The maximum absolute atomic E-state index is 12.2. The number of nitrogens with one attached hydrogen (secondary N) is 1. The summed E-state index contributed by atoms with van der Waals surface area (Å²) in [4.78, 5) is 25.0. The number of aliphatic carboxylic acids is 1. The molecular formula is C15H20N2O3. The topological polar surface area (TPSA) is 69.6 Å². The Labute approximate surface area is 118 Å². The highest BCUT2D eigenvalue weighted by molar-refractivity contribution is 5.98. The standard InChI is InChI=1S/C15H20N2O3/c1-3-10(2)8-16-15(20)17-9-12(14(18)19)11-6-4-5-7-13(11)17/h4-7,10,12H,3,8-9H2,1-2H3,(H,16,20)(H,18,19). The van der Waals surface area contributed by atoms with Crippen LogP contribution in [0.3, 0.4) is 0 Å². The second kappa shape index (κ2) is 5.94. The average molecular weight is 276 g/mol. The summed E-state index contributed by atoms with van der Waals surface area (Å²) < 4.78 is 0. The Morgan fingerprint density at radius 3 is 2.80 bits per heavy atom. The molecule has 1 aliphatic heterocycles. The Morgan fingerprint density at radius 2 is 2.15 bits per heavy atom. The summed E-state index contributed by atoms with van der Waals surface area (Å²) in [6, 6.07) is 6.96. The number of benzene rings is 1. The van der Waals surface area contributed by atoms with E-state index in [1.54, 1.807) is 18.2 Å². The molecule has 1 aromatic rings. The Morgan fingerprint density at radius 1 is 1.45 bits per heavy atom. The third-order valence-corrected chi connectivity index (χ3v) is 3.81. The van der Waals surface area contributed by atoms with Gasteiger partial charge in [0.1, 0.15) is 5.92 Å². The minimum absolute atomic E-state index is 0.195. The van der Waals surface area contributed by atoms with Gasteiger partial charge in [-0.3, -0.25) is 9.69 Å². The number of rotatable bonds is 4. The zero-order valence-corrected chi connectivity index (χ0v) is 11.8. The van der Waals surface area contributed by atoms with Crippen LogP contribution in [-0.4, -0.2) is 30.2 Å². The number of carboxylic acid groups (broad SMARTS) is 1. The normalized spacial score (nSPS) is 18.5. The molecular weight excluding hydrogens is 256 g/mol. The number of para-hydroxylation sites is 1. The zero-order chi connectivity index (χ0) is 14.7. The van der Waals surface area contributed by atoms with Crippen LogP contribution in [0.15, 0.2) is 24.3 Å². The lowest BCUT2D eigenvalue weighted by molar-refractivity contribution is -0.138. The summed E-state index contributed by atoms with van der Waals surface area (Å²) in [6.45, 7) is 4.94. The maximum atomic E-state index is 12.2. The largest absolute Gasteiger partial charge is 0.481 e. The summed E-state index contributed by atoms with van der Waals surface area (Å²) in [6.07, 6.45) is 0.995. The predicted molar refractivity (Wildman–Crippen MR) is 77.0 cm³/mol. The number of urea groups is 1. The van der Waals surface area contributed by atoms with Gasteiger partial charge in [-0.1, -0.05) is 38.5 Å². The van der Waals surface area contributed by atoms with Gasteiger partial charge < -0.3 is 10.4 Å². The third-order valence-electron chi connectivity index (χ3n) is 3.81. The highest BCUT2D eigenvalue weighted by atomic mass is 16.4. The molecule has 0 aromatic heterocycles. The Bertz CT molecular complexity index is 516. The average Bonchev–Trinajstić information content (AvgIpc) is 2.84. The van der Waals surface area contributed by atoms with Gasteiger partial charge in [0.2, 0.25) is 0 Å². The maximum Gasteiger partial charge on any atom is 0.321 e. The molecule has 2 amide bonds. The molecule has 0 spiro atoms. The van der Waals surface area contributed by atoms with Gasteiger partial charge in [-0.2, -0.15) is 0 Å². The van der Waals surface area contributed by atoms with Crippen LogP contribution < -0.4 is 10.2 Å². The van der Waals surface area contributed by atoms with Crippen LogP contribution >= 0.6 is 0 Å². The van der Waals surface area contributed by atoms with Crippen LogP contribution in [0.2, 0.25) is 0 Å². The first-order valence-corrected chi connectivity index (χ1v) is 6.91. The van der Waals surface area contributed by atoms with Crippen molar-refractivity contribution < 1.29 is 14.7 Å². The van der Waals surface area contributed by atoms with Gasteiger partial charge >= 0.3 is 12.0 Å². The molecule has 0 saturated carbocycles. The minimum Gasteiger partial charge on any atom is -0.481 e. The lowest BCUT2D eigenvalue weighted by Crippen LogP contribution is -2.41. The van der Waals surface area contributed by atoms with E-state index in [4.69, 9.17) is 0 Å². The molecule has 1 heterocycles. The second-order valence-electron chi connectivity index (χ2n) is 5.26. The lowest BCUT2D eigenvalue weighted by atomic mass is 10.0. The van der Waals surface area contributed by atoms with Crippen molar-refractivity contribution in [1.82, 2.24) is 5.32 Å². The predicted octanol–water partition coefficient (Wildman–Crippen LogP) is 2.43. The van der Waals surface area contributed by atoms with Crippen molar-refractivity contribution in [2.75, 3.05) is 18.0 Å². The lowest BCUT2D eigenvalue weighted by Gasteiger charge is -2.19. The SMILES string of the molecule is CCC(C)CNC(=O)N1CC(C(=O)O)c2ccccc21. The molecule has 5 heteroatoms. The number of anilines is 1. The smallest absolute Gasteiger partial charge is 0.321 e. The number of fused-ring (bicyclic) bond motifs is 1. The molecule has 0 fully saturated rings. The van der Waals surface area contributed by atoms with E-state index in [1.165, 1.54) is 4.90 Å². The Balaban J connectivity index is 2.14. The van der Waals surface area contributed by atoms with Crippen molar-refractivity contribution >= 4 is 17.7 Å². The van der Waals surface area contributed by atoms with Gasteiger partial charge in [0.05, 0.1) is 0 Å². The van der Waals surface area contributed by atoms with E-state index in [-0.39, 0.29) is 12.6 Å². The summed E-state index contributed by atoms with van der Waals surface area (Å²) in [5, 5.41) is 12.1. The van der Waals surface area contributed by atoms with Crippen molar-refractivity contribution in [2.24, 2.45) is 5.92 Å². The Kier molecular flexibility index (Phi) is 4.27. The fraction of sp³-hybridized carbons (Fsp3) is 0.467. The van der Waals surface area contributed by atoms with Crippen LogP contribution in [0.25, 0.3) is 0 Å². The number of nitrogens with zero attached hydrogens (tertiary/aromatic N) is 1. The molecule has 1 aliphatic rings. The van der Waals surface area contributed by atoms with Gasteiger partial charge in [-0.05, 0) is 17.5 Å². The van der Waals surface area contributed by atoms with Crippen LogP contribution in [-0.2, 0) is 4.79 Å². The van der Waals surface area contributed by atoms with Gasteiger partial charge in [0.15, 0.2) is 0 Å². The van der Waals surface area contributed by atoms with Crippen molar-refractivity contribution in [3.63, 3.8) is 0 Å². The highest BCUT2D eigenvalue weighted by Gasteiger charge is 2.36. The van der Waals surface area contributed by atoms with Crippen molar-refractivity contribution in [3.05, 3.63) is 29.8 Å². The van der Waals surface area contributed by atoms with Gasteiger partial charge in [0.25, 0.3) is 0 Å². The molecule has 20 heavy (non-hydrogen) atoms. The molecule has 5 nitrogen and oxygen atoms in total. The van der Waals surface area contributed by atoms with E-state index in [1.807, 2.05) is 6.07 Å². The van der Waals surface area contributed by atoms with E-state index in [0.717, 1.165) is 6.42 Å². The number of carbonyl (C=O) groups excluding carboxylic acids is 1. The highest BCUT2D eigenvalue weighted by Crippen LogP contribution is 2.36. The Hall–Kier alpha value is -2.04. The molecule has 0 saturated heterocycles. The molecule has 2 atom stereocenters. The van der Waals surface area contributed by atoms with Crippen molar-refractivity contribution in [2.45, 2.75) is 26.2 Å². The van der Waals surface area contributed by atoms with Gasteiger partial charge in [0, 0.05) is 18.8 Å². The van der Waals surface area contributed by atoms with Crippen LogP contribution in [0.4, 0.5) is 10.5 Å². The summed E-state index contributed by atoms with van der Waals surface area (Å²) in [5.74, 6) is -1.12. The van der Waals surface area contributed by atoms with Crippen LogP contribution in [0.5, 0.6) is 0 Å². The first kappa shape index (κ1) is 14.4. The van der Waals surface area contributed by atoms with Crippen molar-refractivity contribution in [1.29, 1.82) is 0 Å². The molecule has 2 N–H and O–H groups in total. The molecule has 2 rings (SSSR count). The summed E-state index contributed by atoms with van der Waals surface area (Å²) in [7, 11) is 0. The zero-order valence-electron chi connectivity index (χ0n) is 11.8. The molecule has 108 valence electrons. The monoisotopic (exact) mass is 276 g/mol.